The Balaban J connectivity index is 1.68. The van der Waals surface area contributed by atoms with Crippen LogP contribution in [0.5, 0.6) is 0 Å². The van der Waals surface area contributed by atoms with E-state index in [2.05, 4.69) is 103 Å². The lowest BCUT2D eigenvalue weighted by Crippen LogP contribution is -1.92. The third kappa shape index (κ3) is 2.65. The average Bonchev–Trinajstić information content (AvgIpc) is 2.73. The molecule has 0 unspecified atom stereocenters. The van der Waals surface area contributed by atoms with Crippen molar-refractivity contribution in [1.82, 2.24) is 0 Å². The number of hydrogen-bond acceptors (Lipinski definition) is 1. The second kappa shape index (κ2) is 6.30. The van der Waals surface area contributed by atoms with Crippen LogP contribution in [0.25, 0.3) is 43.8 Å². The van der Waals surface area contributed by atoms with Crippen molar-refractivity contribution in [2.45, 2.75) is 0 Å². The zero-order valence-corrected chi connectivity index (χ0v) is 14.9. The molecule has 0 saturated heterocycles. The Morgan fingerprint density at radius 1 is 0.444 bits per heavy atom. The zero-order chi connectivity index (χ0) is 18.2. The van der Waals surface area contributed by atoms with Crippen LogP contribution in [-0.4, -0.2) is 0 Å². The quantitative estimate of drug-likeness (QED) is 0.346. The predicted octanol–water partition coefficient (Wildman–Crippen LogP) is 6.91. The van der Waals surface area contributed by atoms with E-state index in [4.69, 9.17) is 5.73 Å². The number of anilines is 1. The van der Waals surface area contributed by atoms with E-state index < -0.39 is 0 Å². The van der Waals surface area contributed by atoms with Crippen LogP contribution >= 0.6 is 0 Å². The van der Waals surface area contributed by atoms with E-state index in [1.807, 2.05) is 0 Å². The molecule has 0 bridgehead atoms. The smallest absolute Gasteiger partial charge is 0.0400 e. The molecule has 27 heavy (non-hydrogen) atoms. The molecule has 0 spiro atoms. The van der Waals surface area contributed by atoms with Crippen molar-refractivity contribution in [1.29, 1.82) is 0 Å². The maximum Gasteiger partial charge on any atom is 0.0400 e. The fourth-order valence-corrected chi connectivity index (χ4v) is 3.91. The molecule has 1 heteroatoms. The van der Waals surface area contributed by atoms with Crippen molar-refractivity contribution < 1.29 is 0 Å². The van der Waals surface area contributed by atoms with E-state index >= 15 is 0 Å². The fraction of sp³-hybridized carbons (Fsp3) is 0. The Hall–Kier alpha value is -3.58. The van der Waals surface area contributed by atoms with Crippen LogP contribution < -0.4 is 5.73 Å². The molecule has 128 valence electrons. The molecule has 1 nitrogen and oxygen atoms in total. The van der Waals surface area contributed by atoms with Crippen molar-refractivity contribution in [3.63, 3.8) is 0 Å². The molecule has 0 atom stereocenters. The first-order valence-corrected chi connectivity index (χ1v) is 9.17. The van der Waals surface area contributed by atoms with Gasteiger partial charge in [-0.25, -0.2) is 0 Å². The van der Waals surface area contributed by atoms with Crippen LogP contribution in [0.4, 0.5) is 5.69 Å². The number of nitrogens with two attached hydrogens (primary N) is 1. The average molecular weight is 345 g/mol. The summed E-state index contributed by atoms with van der Waals surface area (Å²) in [7, 11) is 0. The van der Waals surface area contributed by atoms with Gasteiger partial charge in [0.1, 0.15) is 0 Å². The zero-order valence-electron chi connectivity index (χ0n) is 14.9. The van der Waals surface area contributed by atoms with Gasteiger partial charge in [0.15, 0.2) is 0 Å². The molecular weight excluding hydrogens is 326 g/mol. The van der Waals surface area contributed by atoms with Crippen molar-refractivity contribution in [3.8, 4) is 22.3 Å². The third-order valence-electron chi connectivity index (χ3n) is 5.23. The van der Waals surface area contributed by atoms with Crippen molar-refractivity contribution in [2.24, 2.45) is 0 Å². The Bertz CT molecular complexity index is 1270. The number of rotatable bonds is 2. The van der Waals surface area contributed by atoms with Gasteiger partial charge in [-0.2, -0.15) is 0 Å². The lowest BCUT2D eigenvalue weighted by Gasteiger charge is -2.13. The highest BCUT2D eigenvalue weighted by molar-refractivity contribution is 6.01. The Labute approximate surface area is 158 Å². The standard InChI is InChI=1S/C26H19N/c27-26-17-20(23-13-5-9-18-7-1-3-11-21(18)23)15-16-25(26)24-14-6-10-19-8-2-4-12-22(19)24/h1-17H,27H2. The van der Waals surface area contributed by atoms with Gasteiger partial charge in [0.25, 0.3) is 0 Å². The Kier molecular flexibility index (Phi) is 3.65. The summed E-state index contributed by atoms with van der Waals surface area (Å²) in [6.07, 6.45) is 0. The second-order valence-corrected chi connectivity index (χ2v) is 6.86. The van der Waals surface area contributed by atoms with E-state index in [0.29, 0.717) is 0 Å². The van der Waals surface area contributed by atoms with Gasteiger partial charge in [0.2, 0.25) is 0 Å². The first-order chi connectivity index (χ1) is 13.3. The minimum Gasteiger partial charge on any atom is -0.398 e. The number of hydrogen-bond donors (Lipinski definition) is 1. The maximum absolute atomic E-state index is 6.53. The van der Waals surface area contributed by atoms with Gasteiger partial charge >= 0.3 is 0 Å². The van der Waals surface area contributed by atoms with Gasteiger partial charge in [0.05, 0.1) is 0 Å². The van der Waals surface area contributed by atoms with Crippen LogP contribution in [0.3, 0.4) is 0 Å². The van der Waals surface area contributed by atoms with Crippen LogP contribution in [0.1, 0.15) is 0 Å². The van der Waals surface area contributed by atoms with E-state index in [9.17, 15) is 0 Å². The fourth-order valence-electron chi connectivity index (χ4n) is 3.91. The molecule has 0 heterocycles. The molecule has 5 aromatic carbocycles. The van der Waals surface area contributed by atoms with Gasteiger partial charge in [-0.15, -0.1) is 0 Å². The number of nitrogen functional groups attached to an aromatic ring is 1. The van der Waals surface area contributed by atoms with E-state index in [1.165, 1.54) is 32.7 Å². The molecule has 0 radical (unpaired) electrons. The summed E-state index contributed by atoms with van der Waals surface area (Å²) in [4.78, 5) is 0. The maximum atomic E-state index is 6.53. The van der Waals surface area contributed by atoms with E-state index in [-0.39, 0.29) is 0 Å². The monoisotopic (exact) mass is 345 g/mol. The molecule has 0 aliphatic carbocycles. The normalized spacial score (nSPS) is 11.1. The summed E-state index contributed by atoms with van der Waals surface area (Å²) in [6, 6.07) is 36.1. The van der Waals surface area contributed by atoms with E-state index in [0.717, 1.165) is 16.8 Å². The molecule has 5 rings (SSSR count). The molecule has 0 aliphatic heterocycles. The first-order valence-electron chi connectivity index (χ1n) is 9.17. The summed E-state index contributed by atoms with van der Waals surface area (Å²) < 4.78 is 0. The highest BCUT2D eigenvalue weighted by Crippen LogP contribution is 2.36. The minimum absolute atomic E-state index is 0.803. The van der Waals surface area contributed by atoms with Crippen LogP contribution in [-0.2, 0) is 0 Å². The van der Waals surface area contributed by atoms with Crippen LogP contribution in [0.2, 0.25) is 0 Å². The van der Waals surface area contributed by atoms with Crippen molar-refractivity contribution >= 4 is 27.2 Å². The largest absolute Gasteiger partial charge is 0.398 e. The number of fused-ring (bicyclic) bond motifs is 2. The van der Waals surface area contributed by atoms with Crippen LogP contribution in [0.15, 0.2) is 103 Å². The Morgan fingerprint density at radius 3 is 1.67 bits per heavy atom. The van der Waals surface area contributed by atoms with Gasteiger partial charge in [-0.1, -0.05) is 97.1 Å². The summed E-state index contributed by atoms with van der Waals surface area (Å²) in [5.74, 6) is 0. The van der Waals surface area contributed by atoms with Gasteiger partial charge in [-0.3, -0.25) is 0 Å². The minimum atomic E-state index is 0.803. The van der Waals surface area contributed by atoms with Crippen molar-refractivity contribution in [2.75, 3.05) is 5.73 Å². The topological polar surface area (TPSA) is 26.0 Å². The Morgan fingerprint density at radius 2 is 1.00 bits per heavy atom. The van der Waals surface area contributed by atoms with Gasteiger partial charge < -0.3 is 5.73 Å². The first kappa shape index (κ1) is 15.7. The summed E-state index contributed by atoms with van der Waals surface area (Å²) >= 11 is 0. The molecular formula is C26H19N. The molecule has 0 saturated carbocycles. The lowest BCUT2D eigenvalue weighted by atomic mass is 9.93. The second-order valence-electron chi connectivity index (χ2n) is 6.86. The van der Waals surface area contributed by atoms with E-state index in [1.54, 1.807) is 0 Å². The SMILES string of the molecule is Nc1cc(-c2cccc3ccccc23)ccc1-c1cccc2ccccc12. The molecule has 2 N–H and O–H groups in total. The molecule has 0 aliphatic rings. The van der Waals surface area contributed by atoms with Crippen molar-refractivity contribution in [3.05, 3.63) is 103 Å². The summed E-state index contributed by atoms with van der Waals surface area (Å²) in [5, 5.41) is 4.95. The predicted molar refractivity (Wildman–Crippen MR) is 117 cm³/mol. The number of benzene rings is 5. The molecule has 0 amide bonds. The third-order valence-corrected chi connectivity index (χ3v) is 5.23. The molecule has 5 aromatic rings. The van der Waals surface area contributed by atoms with Gasteiger partial charge in [0, 0.05) is 11.3 Å². The van der Waals surface area contributed by atoms with Gasteiger partial charge in [-0.05, 0) is 44.3 Å². The van der Waals surface area contributed by atoms with Crippen LogP contribution in [0, 0.1) is 0 Å². The summed E-state index contributed by atoms with van der Waals surface area (Å²) in [5.41, 5.74) is 11.9. The molecule has 0 fully saturated rings. The highest BCUT2D eigenvalue weighted by atomic mass is 14.6. The summed E-state index contributed by atoms with van der Waals surface area (Å²) in [6.45, 7) is 0. The highest BCUT2D eigenvalue weighted by Gasteiger charge is 2.10. The molecule has 0 aromatic heterocycles. The lowest BCUT2D eigenvalue weighted by molar-refractivity contribution is 1.61.